The maximum absolute atomic E-state index is 12.5. The van der Waals surface area contributed by atoms with Gasteiger partial charge in [0.25, 0.3) is 0 Å². The lowest BCUT2D eigenvalue weighted by Gasteiger charge is -2.28. The third-order valence-electron chi connectivity index (χ3n) is 6.62. The van der Waals surface area contributed by atoms with Gasteiger partial charge >= 0.3 is 11.9 Å². The van der Waals surface area contributed by atoms with E-state index in [9.17, 15) is 9.59 Å². The van der Waals surface area contributed by atoms with Gasteiger partial charge in [-0.05, 0) is 77.6 Å². The van der Waals surface area contributed by atoms with Crippen LogP contribution in [0, 0.1) is 29.1 Å². The molecule has 0 radical (unpaired) electrons. The molecule has 1 rings (SSSR count). The van der Waals surface area contributed by atoms with E-state index in [4.69, 9.17) is 9.47 Å². The monoisotopic (exact) mass is 396 g/mol. The van der Waals surface area contributed by atoms with Crippen LogP contribution in [0.5, 0.6) is 0 Å². The summed E-state index contributed by atoms with van der Waals surface area (Å²) in [5.41, 5.74) is -0.417. The second-order valence-corrected chi connectivity index (χ2v) is 10.1. The van der Waals surface area contributed by atoms with Crippen LogP contribution in [0.4, 0.5) is 0 Å². The van der Waals surface area contributed by atoms with Gasteiger partial charge in [0.1, 0.15) is 12.2 Å². The predicted octanol–water partition coefficient (Wildman–Crippen LogP) is 6.16. The van der Waals surface area contributed by atoms with E-state index in [-0.39, 0.29) is 30.1 Å². The van der Waals surface area contributed by atoms with Gasteiger partial charge in [0.2, 0.25) is 0 Å². The molecule has 1 aliphatic carbocycles. The van der Waals surface area contributed by atoms with E-state index < -0.39 is 5.41 Å². The Labute approximate surface area is 173 Å². The number of carbonyl (C=O) groups is 2. The zero-order valence-corrected chi connectivity index (χ0v) is 19.5. The molecule has 0 aliphatic heterocycles. The number of carbonyl (C=O) groups excluding carboxylic acids is 2. The van der Waals surface area contributed by atoms with Gasteiger partial charge in [-0.15, -0.1) is 0 Å². The molecule has 0 heterocycles. The Morgan fingerprint density at radius 2 is 1.64 bits per heavy atom. The molecule has 0 bridgehead atoms. The summed E-state index contributed by atoms with van der Waals surface area (Å²) in [7, 11) is 0. The Kier molecular flexibility index (Phi) is 10.00. The van der Waals surface area contributed by atoms with Gasteiger partial charge in [-0.2, -0.15) is 0 Å². The minimum atomic E-state index is -0.417. The molecule has 4 nitrogen and oxygen atoms in total. The lowest BCUT2D eigenvalue weighted by atomic mass is 9.87. The lowest BCUT2D eigenvalue weighted by Crippen LogP contribution is -2.32. The quantitative estimate of drug-likeness (QED) is 0.392. The maximum Gasteiger partial charge on any atom is 0.311 e. The fourth-order valence-corrected chi connectivity index (χ4v) is 3.80. The first-order valence-corrected chi connectivity index (χ1v) is 11.4. The van der Waals surface area contributed by atoms with Crippen molar-refractivity contribution >= 4 is 11.9 Å². The number of esters is 2. The maximum atomic E-state index is 12.5. The molecule has 0 aromatic heterocycles. The van der Waals surface area contributed by atoms with Crippen LogP contribution >= 0.6 is 0 Å². The Morgan fingerprint density at radius 3 is 2.21 bits per heavy atom. The summed E-state index contributed by atoms with van der Waals surface area (Å²) < 4.78 is 11.4. The second kappa shape index (κ2) is 11.2. The molecule has 5 unspecified atom stereocenters. The zero-order chi connectivity index (χ0) is 21.5. The Bertz CT molecular complexity index is 497. The van der Waals surface area contributed by atoms with Crippen molar-refractivity contribution in [1.82, 2.24) is 0 Å². The lowest BCUT2D eigenvalue weighted by molar-refractivity contribution is -0.161. The fourth-order valence-electron chi connectivity index (χ4n) is 3.80. The van der Waals surface area contributed by atoms with Gasteiger partial charge in [0, 0.05) is 0 Å². The van der Waals surface area contributed by atoms with Crippen molar-refractivity contribution in [3.8, 4) is 0 Å². The van der Waals surface area contributed by atoms with Crippen molar-refractivity contribution in [2.24, 2.45) is 29.1 Å². The van der Waals surface area contributed by atoms with E-state index in [0.717, 1.165) is 44.9 Å². The van der Waals surface area contributed by atoms with E-state index in [1.165, 1.54) is 0 Å². The number of rotatable bonds is 11. The Hall–Kier alpha value is -1.06. The third kappa shape index (κ3) is 7.75. The first kappa shape index (κ1) is 25.0. The Morgan fingerprint density at radius 1 is 1.00 bits per heavy atom. The highest BCUT2D eigenvalue weighted by atomic mass is 16.5. The van der Waals surface area contributed by atoms with E-state index in [2.05, 4.69) is 27.7 Å². The average molecular weight is 397 g/mol. The van der Waals surface area contributed by atoms with Crippen LogP contribution in [0.25, 0.3) is 0 Å². The summed E-state index contributed by atoms with van der Waals surface area (Å²) in [6.07, 6.45) is 6.74. The van der Waals surface area contributed by atoms with Gasteiger partial charge in [0.15, 0.2) is 0 Å². The van der Waals surface area contributed by atoms with Crippen LogP contribution in [0.2, 0.25) is 0 Å². The molecule has 0 spiro atoms. The molecule has 28 heavy (non-hydrogen) atoms. The van der Waals surface area contributed by atoms with Crippen molar-refractivity contribution < 1.29 is 19.1 Å². The van der Waals surface area contributed by atoms with Crippen LogP contribution in [0.3, 0.4) is 0 Å². The van der Waals surface area contributed by atoms with Gasteiger partial charge in [-0.1, -0.05) is 40.5 Å². The van der Waals surface area contributed by atoms with Crippen molar-refractivity contribution in [1.29, 1.82) is 0 Å². The molecule has 0 saturated heterocycles. The van der Waals surface area contributed by atoms with E-state index in [0.29, 0.717) is 17.8 Å². The highest BCUT2D eigenvalue weighted by molar-refractivity contribution is 5.76. The molecular weight excluding hydrogens is 352 g/mol. The first-order chi connectivity index (χ1) is 13.0. The molecule has 1 aliphatic rings. The molecule has 1 saturated carbocycles. The summed E-state index contributed by atoms with van der Waals surface area (Å²) in [4.78, 5) is 24.9. The van der Waals surface area contributed by atoms with Crippen LogP contribution in [0.15, 0.2) is 0 Å². The minimum Gasteiger partial charge on any atom is -0.462 e. The molecular formula is C24H44O4. The summed E-state index contributed by atoms with van der Waals surface area (Å²) in [5, 5.41) is 0. The Balaban J connectivity index is 2.45. The van der Waals surface area contributed by atoms with E-state index in [1.807, 2.05) is 27.7 Å². The van der Waals surface area contributed by atoms with Crippen LogP contribution in [0.1, 0.15) is 100 Å². The molecule has 0 aromatic rings. The number of hydrogen-bond donors (Lipinski definition) is 0. The number of unbranched alkanes of at least 4 members (excludes halogenated alkanes) is 1. The van der Waals surface area contributed by atoms with Crippen molar-refractivity contribution in [2.75, 3.05) is 0 Å². The van der Waals surface area contributed by atoms with Crippen molar-refractivity contribution in [3.63, 3.8) is 0 Å². The van der Waals surface area contributed by atoms with E-state index in [1.54, 1.807) is 0 Å². The largest absolute Gasteiger partial charge is 0.462 e. The highest BCUT2D eigenvalue weighted by Crippen LogP contribution is 2.37. The van der Waals surface area contributed by atoms with Crippen LogP contribution in [-0.2, 0) is 19.1 Å². The van der Waals surface area contributed by atoms with E-state index >= 15 is 0 Å². The number of ether oxygens (including phenoxy) is 2. The van der Waals surface area contributed by atoms with Crippen LogP contribution in [-0.4, -0.2) is 24.1 Å². The SMILES string of the molecule is CCCCC(C)(C)C(=O)OC(C)C(C)CC1CCC(C(=O)OC(C)C(C)C)C1. The minimum absolute atomic E-state index is 0.0269. The molecule has 0 aromatic carbocycles. The standard InChI is InChI=1S/C24H44O4/c1-9-10-13-24(7,8)23(26)28-19(6)17(4)14-20-11-12-21(15-20)22(25)27-18(5)16(2)3/h16-21H,9-15H2,1-8H3. The summed E-state index contributed by atoms with van der Waals surface area (Å²) in [6.45, 7) is 16.4. The molecule has 1 fully saturated rings. The van der Waals surface area contributed by atoms with Gasteiger partial charge < -0.3 is 9.47 Å². The van der Waals surface area contributed by atoms with Gasteiger partial charge in [-0.25, -0.2) is 0 Å². The summed E-state index contributed by atoms with van der Waals surface area (Å²) in [5.74, 6) is 1.06. The summed E-state index contributed by atoms with van der Waals surface area (Å²) >= 11 is 0. The molecule has 5 atom stereocenters. The smallest absolute Gasteiger partial charge is 0.311 e. The zero-order valence-electron chi connectivity index (χ0n) is 19.5. The van der Waals surface area contributed by atoms with Gasteiger partial charge in [-0.3, -0.25) is 9.59 Å². The normalized spacial score (nSPS) is 23.3. The second-order valence-electron chi connectivity index (χ2n) is 10.1. The fraction of sp³-hybridized carbons (Fsp3) is 0.917. The van der Waals surface area contributed by atoms with Crippen molar-refractivity contribution in [3.05, 3.63) is 0 Å². The predicted molar refractivity (Wildman–Crippen MR) is 114 cm³/mol. The van der Waals surface area contributed by atoms with Crippen LogP contribution < -0.4 is 0 Å². The first-order valence-electron chi connectivity index (χ1n) is 11.4. The third-order valence-corrected chi connectivity index (χ3v) is 6.62. The molecule has 0 amide bonds. The summed E-state index contributed by atoms with van der Waals surface area (Å²) in [6, 6.07) is 0. The van der Waals surface area contributed by atoms with Crippen molar-refractivity contribution in [2.45, 2.75) is 113 Å². The average Bonchev–Trinajstić information content (AvgIpc) is 3.08. The molecule has 164 valence electrons. The molecule has 0 N–H and O–H groups in total. The highest BCUT2D eigenvalue weighted by Gasteiger charge is 2.35. The number of hydrogen-bond acceptors (Lipinski definition) is 4. The topological polar surface area (TPSA) is 52.6 Å². The molecule has 4 heteroatoms. The van der Waals surface area contributed by atoms with Gasteiger partial charge in [0.05, 0.1) is 11.3 Å².